The molecule has 1 amide bonds. The summed E-state index contributed by atoms with van der Waals surface area (Å²) in [5, 5.41) is 3.72. The van der Waals surface area contributed by atoms with Gasteiger partial charge in [0.05, 0.1) is 11.4 Å². The van der Waals surface area contributed by atoms with Gasteiger partial charge in [0.15, 0.2) is 0 Å². The molecule has 2 aromatic carbocycles. The van der Waals surface area contributed by atoms with E-state index in [0.29, 0.717) is 15.6 Å². The molecule has 0 radical (unpaired) electrons. The molecule has 28 heavy (non-hydrogen) atoms. The highest BCUT2D eigenvalue weighted by Gasteiger charge is 2.27. The summed E-state index contributed by atoms with van der Waals surface area (Å²) in [5.41, 5.74) is 0.621. The molecular weight excluding hydrogens is 419 g/mol. The average molecular weight is 443 g/mol. The molecule has 0 aliphatic rings. The Morgan fingerprint density at radius 3 is 2.36 bits per heavy atom. The van der Waals surface area contributed by atoms with E-state index in [-0.39, 0.29) is 29.9 Å². The standard InChI is InChI=1S/C20H24Cl2N2O3S/c1-3-6-15(2)23-20(25)14-24(13-16-7-4-5-8-19(16)22)28(26,27)18-11-9-17(21)10-12-18/h4-5,7-12,15H,3,6,13-14H2,1-2H3,(H,23,25)/t15-/m0/s1. The van der Waals surface area contributed by atoms with E-state index in [1.165, 1.54) is 24.3 Å². The molecule has 1 atom stereocenters. The first kappa shape index (κ1) is 22.7. The van der Waals surface area contributed by atoms with Gasteiger partial charge in [-0.25, -0.2) is 8.42 Å². The predicted molar refractivity (Wildman–Crippen MR) is 113 cm³/mol. The van der Waals surface area contributed by atoms with E-state index in [4.69, 9.17) is 23.2 Å². The van der Waals surface area contributed by atoms with Crippen LogP contribution in [0.2, 0.25) is 10.0 Å². The van der Waals surface area contributed by atoms with Crippen molar-refractivity contribution in [1.29, 1.82) is 0 Å². The molecule has 0 unspecified atom stereocenters. The minimum atomic E-state index is -3.92. The predicted octanol–water partition coefficient (Wildman–Crippen LogP) is 4.49. The molecule has 0 saturated carbocycles. The van der Waals surface area contributed by atoms with Crippen molar-refractivity contribution in [3.05, 3.63) is 64.1 Å². The first-order valence-corrected chi connectivity index (χ1v) is 11.2. The van der Waals surface area contributed by atoms with Crippen LogP contribution in [0, 0.1) is 0 Å². The smallest absolute Gasteiger partial charge is 0.243 e. The summed E-state index contributed by atoms with van der Waals surface area (Å²) in [6, 6.07) is 12.8. The number of nitrogens with zero attached hydrogens (tertiary/aromatic N) is 1. The van der Waals surface area contributed by atoms with Crippen molar-refractivity contribution in [2.75, 3.05) is 6.54 Å². The van der Waals surface area contributed by atoms with E-state index in [2.05, 4.69) is 5.32 Å². The number of amides is 1. The Hall–Kier alpha value is -1.60. The molecule has 1 N–H and O–H groups in total. The molecule has 2 aromatic rings. The van der Waals surface area contributed by atoms with Crippen molar-refractivity contribution in [3.8, 4) is 0 Å². The van der Waals surface area contributed by atoms with Gasteiger partial charge in [-0.15, -0.1) is 0 Å². The van der Waals surface area contributed by atoms with Gasteiger partial charge in [0.25, 0.3) is 0 Å². The van der Waals surface area contributed by atoms with Gasteiger partial charge in [-0.2, -0.15) is 4.31 Å². The van der Waals surface area contributed by atoms with E-state index in [1.807, 2.05) is 13.8 Å². The van der Waals surface area contributed by atoms with Crippen molar-refractivity contribution >= 4 is 39.1 Å². The fourth-order valence-electron chi connectivity index (χ4n) is 2.78. The lowest BCUT2D eigenvalue weighted by Gasteiger charge is -2.23. The van der Waals surface area contributed by atoms with Gasteiger partial charge in [0.1, 0.15) is 0 Å². The van der Waals surface area contributed by atoms with Crippen LogP contribution < -0.4 is 5.32 Å². The van der Waals surface area contributed by atoms with Crippen molar-refractivity contribution in [3.63, 3.8) is 0 Å². The lowest BCUT2D eigenvalue weighted by atomic mass is 10.2. The molecular formula is C20H24Cl2N2O3S. The number of sulfonamides is 1. The number of benzene rings is 2. The number of halogens is 2. The summed E-state index contributed by atoms with van der Waals surface area (Å²) in [7, 11) is -3.92. The van der Waals surface area contributed by atoms with Gasteiger partial charge in [-0.1, -0.05) is 54.7 Å². The maximum absolute atomic E-state index is 13.2. The monoisotopic (exact) mass is 442 g/mol. The summed E-state index contributed by atoms with van der Waals surface area (Å²) < 4.78 is 27.5. The molecule has 5 nitrogen and oxygen atoms in total. The van der Waals surface area contributed by atoms with Crippen molar-refractivity contribution in [1.82, 2.24) is 9.62 Å². The Morgan fingerprint density at radius 2 is 1.75 bits per heavy atom. The molecule has 0 aromatic heterocycles. The second-order valence-electron chi connectivity index (χ2n) is 6.58. The molecule has 0 aliphatic carbocycles. The van der Waals surface area contributed by atoms with E-state index >= 15 is 0 Å². The molecule has 0 bridgehead atoms. The largest absolute Gasteiger partial charge is 0.353 e. The quantitative estimate of drug-likeness (QED) is 0.621. The zero-order valence-corrected chi connectivity index (χ0v) is 18.2. The second kappa shape index (κ2) is 10.3. The number of rotatable bonds is 9. The topological polar surface area (TPSA) is 66.5 Å². The first-order chi connectivity index (χ1) is 13.2. The van der Waals surface area contributed by atoms with Crippen LogP contribution in [0.15, 0.2) is 53.4 Å². The number of hydrogen-bond donors (Lipinski definition) is 1. The molecule has 2 rings (SSSR count). The minimum Gasteiger partial charge on any atom is -0.353 e. The second-order valence-corrected chi connectivity index (χ2v) is 9.36. The van der Waals surface area contributed by atoms with Crippen LogP contribution in [0.5, 0.6) is 0 Å². The van der Waals surface area contributed by atoms with Crippen LogP contribution in [-0.2, 0) is 21.4 Å². The highest BCUT2D eigenvalue weighted by Crippen LogP contribution is 2.23. The van der Waals surface area contributed by atoms with E-state index < -0.39 is 10.0 Å². The summed E-state index contributed by atoms with van der Waals surface area (Å²) in [6.07, 6.45) is 1.74. The molecule has 0 spiro atoms. The van der Waals surface area contributed by atoms with Gasteiger partial charge in [0.2, 0.25) is 15.9 Å². The molecule has 0 saturated heterocycles. The number of nitrogens with one attached hydrogen (secondary N) is 1. The Balaban J connectivity index is 2.31. The summed E-state index contributed by atoms with van der Waals surface area (Å²) >= 11 is 12.1. The number of carbonyl (C=O) groups is 1. The van der Waals surface area contributed by atoms with Crippen LogP contribution in [0.3, 0.4) is 0 Å². The third-order valence-electron chi connectivity index (χ3n) is 4.20. The third-order valence-corrected chi connectivity index (χ3v) is 6.63. The van der Waals surface area contributed by atoms with Crippen molar-refractivity contribution in [2.45, 2.75) is 44.2 Å². The van der Waals surface area contributed by atoms with E-state index in [0.717, 1.165) is 17.1 Å². The lowest BCUT2D eigenvalue weighted by molar-refractivity contribution is -0.122. The Labute approximate surface area is 176 Å². The maximum Gasteiger partial charge on any atom is 0.243 e. The van der Waals surface area contributed by atoms with Gasteiger partial charge >= 0.3 is 0 Å². The third kappa shape index (κ3) is 6.21. The van der Waals surface area contributed by atoms with Gasteiger partial charge in [-0.3, -0.25) is 4.79 Å². The van der Waals surface area contributed by atoms with Gasteiger partial charge in [0, 0.05) is 22.6 Å². The average Bonchev–Trinajstić information content (AvgIpc) is 2.63. The highest BCUT2D eigenvalue weighted by atomic mass is 35.5. The lowest BCUT2D eigenvalue weighted by Crippen LogP contribution is -2.43. The van der Waals surface area contributed by atoms with Crippen LogP contribution in [0.25, 0.3) is 0 Å². The van der Waals surface area contributed by atoms with Gasteiger partial charge in [-0.05, 0) is 49.2 Å². The summed E-state index contributed by atoms with van der Waals surface area (Å²) in [6.45, 7) is 3.61. The van der Waals surface area contributed by atoms with Gasteiger partial charge < -0.3 is 5.32 Å². The zero-order valence-electron chi connectivity index (χ0n) is 15.9. The molecule has 0 heterocycles. The van der Waals surface area contributed by atoms with Crippen molar-refractivity contribution in [2.24, 2.45) is 0 Å². The Morgan fingerprint density at radius 1 is 1.11 bits per heavy atom. The van der Waals surface area contributed by atoms with E-state index in [9.17, 15) is 13.2 Å². The van der Waals surface area contributed by atoms with Crippen LogP contribution in [0.1, 0.15) is 32.3 Å². The fraction of sp³-hybridized carbons (Fsp3) is 0.350. The maximum atomic E-state index is 13.2. The fourth-order valence-corrected chi connectivity index (χ4v) is 4.48. The van der Waals surface area contributed by atoms with Crippen LogP contribution in [0.4, 0.5) is 0 Å². The van der Waals surface area contributed by atoms with Crippen LogP contribution in [-0.4, -0.2) is 31.2 Å². The SMILES string of the molecule is CCC[C@H](C)NC(=O)CN(Cc1ccccc1Cl)S(=O)(=O)c1ccc(Cl)cc1. The highest BCUT2D eigenvalue weighted by molar-refractivity contribution is 7.89. The van der Waals surface area contributed by atoms with Crippen LogP contribution >= 0.6 is 23.2 Å². The number of carbonyl (C=O) groups excluding carboxylic acids is 1. The van der Waals surface area contributed by atoms with E-state index in [1.54, 1.807) is 24.3 Å². The summed E-state index contributed by atoms with van der Waals surface area (Å²) in [5.74, 6) is -0.356. The normalized spacial score (nSPS) is 12.8. The zero-order chi connectivity index (χ0) is 20.7. The number of hydrogen-bond acceptors (Lipinski definition) is 3. The minimum absolute atomic E-state index is 0.0137. The molecule has 0 fully saturated rings. The summed E-state index contributed by atoms with van der Waals surface area (Å²) in [4.78, 5) is 12.5. The molecule has 8 heteroatoms. The first-order valence-electron chi connectivity index (χ1n) is 9.02. The Bertz CT molecular complexity index is 902. The van der Waals surface area contributed by atoms with Crippen molar-refractivity contribution < 1.29 is 13.2 Å². The molecule has 152 valence electrons. The Kier molecular flexibility index (Phi) is 8.31. The molecule has 0 aliphatic heterocycles.